The number of fused-ring (bicyclic) bond motifs is 1. The van der Waals surface area contributed by atoms with Gasteiger partial charge in [-0.15, -0.1) is 0 Å². The van der Waals surface area contributed by atoms with Gasteiger partial charge in [-0.3, -0.25) is 0 Å². The van der Waals surface area contributed by atoms with Gasteiger partial charge in [0.1, 0.15) is 0 Å². The van der Waals surface area contributed by atoms with Crippen LogP contribution in [0.25, 0.3) is 0 Å². The van der Waals surface area contributed by atoms with Gasteiger partial charge in [0.05, 0.1) is 0 Å². The summed E-state index contributed by atoms with van der Waals surface area (Å²) in [6.07, 6.45) is 11.6. The predicted molar refractivity (Wildman–Crippen MR) is 84.7 cm³/mol. The Balaban J connectivity index is 1.55. The van der Waals surface area contributed by atoms with E-state index >= 15 is 0 Å². The van der Waals surface area contributed by atoms with Crippen LogP contribution in [0.5, 0.6) is 0 Å². The minimum Gasteiger partial charge on any atom is -0.396 e. The lowest BCUT2D eigenvalue weighted by Gasteiger charge is -2.65. The summed E-state index contributed by atoms with van der Waals surface area (Å²) in [5.74, 6) is 3.93. The third-order valence-corrected chi connectivity index (χ3v) is 9.85. The lowest BCUT2D eigenvalue weighted by molar-refractivity contribution is -0.172. The summed E-state index contributed by atoms with van der Waals surface area (Å²) in [4.78, 5) is 0. The van der Waals surface area contributed by atoms with Crippen LogP contribution in [-0.2, 0) is 0 Å². The van der Waals surface area contributed by atoms with Gasteiger partial charge in [-0.2, -0.15) is 0 Å². The van der Waals surface area contributed by atoms with Crippen LogP contribution in [0.15, 0.2) is 0 Å². The first kappa shape index (κ1) is 13.4. The van der Waals surface area contributed by atoms with Crippen LogP contribution >= 0.6 is 0 Å². The van der Waals surface area contributed by atoms with Crippen molar-refractivity contribution in [3.63, 3.8) is 0 Å². The van der Waals surface area contributed by atoms with Crippen molar-refractivity contribution in [3.8, 4) is 0 Å². The molecule has 0 radical (unpaired) electrons. The molecule has 6 aliphatic carbocycles. The van der Waals surface area contributed by atoms with Crippen molar-refractivity contribution >= 4 is 0 Å². The summed E-state index contributed by atoms with van der Waals surface area (Å²) in [5, 5.41) is 10.1. The first-order valence-electron chi connectivity index (χ1n) is 9.49. The summed E-state index contributed by atoms with van der Waals surface area (Å²) in [5.41, 5.74) is 2.21. The molecule has 1 N–H and O–H groups in total. The molecule has 6 fully saturated rings. The summed E-state index contributed by atoms with van der Waals surface area (Å²) in [7, 11) is 0. The molecule has 6 rings (SSSR count). The molecule has 0 heterocycles. The highest BCUT2D eigenvalue weighted by atomic mass is 16.3. The van der Waals surface area contributed by atoms with Crippen LogP contribution in [0.1, 0.15) is 72.1 Å². The second-order valence-electron chi connectivity index (χ2n) is 10.5. The molecule has 1 spiro atoms. The molecule has 6 aliphatic rings. The Morgan fingerprint density at radius 2 is 1.76 bits per heavy atom. The molecule has 4 bridgehead atoms. The molecule has 0 aliphatic heterocycles. The van der Waals surface area contributed by atoms with Crippen LogP contribution in [-0.4, -0.2) is 11.7 Å². The first-order valence-corrected chi connectivity index (χ1v) is 9.49. The lowest BCUT2D eigenvalue weighted by Crippen LogP contribution is -2.58. The van der Waals surface area contributed by atoms with Crippen molar-refractivity contribution in [1.82, 2.24) is 0 Å². The van der Waals surface area contributed by atoms with Crippen LogP contribution in [0, 0.1) is 45.3 Å². The molecule has 0 aromatic heterocycles. The molecule has 0 aromatic rings. The van der Waals surface area contributed by atoms with Gasteiger partial charge in [0.25, 0.3) is 0 Å². The van der Waals surface area contributed by atoms with E-state index in [1.54, 1.807) is 12.8 Å². The van der Waals surface area contributed by atoms with Gasteiger partial charge in [0.15, 0.2) is 0 Å². The molecule has 21 heavy (non-hydrogen) atoms. The predicted octanol–water partition coefficient (Wildman–Crippen LogP) is 4.64. The maximum absolute atomic E-state index is 10.1. The molecule has 8 atom stereocenters. The topological polar surface area (TPSA) is 20.2 Å². The second kappa shape index (κ2) is 3.55. The second-order valence-corrected chi connectivity index (χ2v) is 10.5. The van der Waals surface area contributed by atoms with Gasteiger partial charge in [-0.1, -0.05) is 27.2 Å². The largest absolute Gasteiger partial charge is 0.396 e. The average molecular weight is 288 g/mol. The molecule has 1 heteroatoms. The van der Waals surface area contributed by atoms with Gasteiger partial charge in [-0.25, -0.2) is 0 Å². The number of hydrogen-bond donors (Lipinski definition) is 1. The smallest absolute Gasteiger partial charge is 0.0487 e. The van der Waals surface area contributed by atoms with E-state index in [1.807, 2.05) is 0 Å². The van der Waals surface area contributed by atoms with E-state index in [0.29, 0.717) is 17.4 Å². The third kappa shape index (κ3) is 1.32. The van der Waals surface area contributed by atoms with Gasteiger partial charge in [0, 0.05) is 6.61 Å². The van der Waals surface area contributed by atoms with E-state index in [2.05, 4.69) is 20.8 Å². The van der Waals surface area contributed by atoms with Gasteiger partial charge in [0.2, 0.25) is 0 Å². The maximum atomic E-state index is 10.1. The zero-order valence-electron chi connectivity index (χ0n) is 14.1. The van der Waals surface area contributed by atoms with Gasteiger partial charge in [-0.05, 0) is 90.3 Å². The van der Waals surface area contributed by atoms with Gasteiger partial charge < -0.3 is 5.11 Å². The van der Waals surface area contributed by atoms with Crippen molar-refractivity contribution in [2.75, 3.05) is 6.61 Å². The van der Waals surface area contributed by atoms with Crippen LogP contribution in [0.4, 0.5) is 0 Å². The van der Waals surface area contributed by atoms with E-state index in [1.165, 1.54) is 38.5 Å². The van der Waals surface area contributed by atoms with Crippen LogP contribution < -0.4 is 0 Å². The van der Waals surface area contributed by atoms with Crippen molar-refractivity contribution in [2.45, 2.75) is 72.1 Å². The number of rotatable bonds is 1. The maximum Gasteiger partial charge on any atom is 0.0487 e. The van der Waals surface area contributed by atoms with E-state index in [-0.39, 0.29) is 5.41 Å². The van der Waals surface area contributed by atoms with E-state index in [9.17, 15) is 5.11 Å². The Hall–Kier alpha value is -0.0400. The molecule has 6 saturated carbocycles. The molecular weight excluding hydrogens is 256 g/mol. The molecule has 0 unspecified atom stereocenters. The number of aliphatic hydroxyl groups is 1. The molecule has 118 valence electrons. The highest BCUT2D eigenvalue weighted by molar-refractivity contribution is 5.26. The monoisotopic (exact) mass is 288 g/mol. The average Bonchev–Trinajstić information content (AvgIpc) is 2.90. The minimum atomic E-state index is 0.210. The SMILES string of the molecule is C[C@@]1(CO)CCC[C@]2(C)[C@@H]1CC[C@@]13C[C@H]4[C@@H](C[C@H]12)[C@@]4(C)C3. The van der Waals surface area contributed by atoms with E-state index in [0.717, 1.165) is 29.1 Å². The molecular formula is C20H32O. The summed E-state index contributed by atoms with van der Waals surface area (Å²) in [6.45, 7) is 8.03. The minimum absolute atomic E-state index is 0.210. The van der Waals surface area contributed by atoms with Crippen LogP contribution in [0.3, 0.4) is 0 Å². The van der Waals surface area contributed by atoms with Crippen molar-refractivity contribution in [1.29, 1.82) is 0 Å². The normalized spacial score (nSPS) is 67.4. The summed E-state index contributed by atoms with van der Waals surface area (Å²) >= 11 is 0. The first-order chi connectivity index (χ1) is 9.88. The number of aliphatic hydroxyl groups excluding tert-OH is 1. The molecule has 1 nitrogen and oxygen atoms in total. The van der Waals surface area contributed by atoms with Gasteiger partial charge >= 0.3 is 0 Å². The fourth-order valence-electron chi connectivity index (χ4n) is 8.94. The highest BCUT2D eigenvalue weighted by Gasteiger charge is 2.78. The van der Waals surface area contributed by atoms with Crippen molar-refractivity contribution in [2.24, 2.45) is 45.3 Å². The van der Waals surface area contributed by atoms with E-state index < -0.39 is 0 Å². The van der Waals surface area contributed by atoms with Crippen LogP contribution in [0.2, 0.25) is 0 Å². The summed E-state index contributed by atoms with van der Waals surface area (Å²) < 4.78 is 0. The summed E-state index contributed by atoms with van der Waals surface area (Å²) in [6, 6.07) is 0. The van der Waals surface area contributed by atoms with Crippen molar-refractivity contribution in [3.05, 3.63) is 0 Å². The molecule has 0 amide bonds. The van der Waals surface area contributed by atoms with Crippen molar-refractivity contribution < 1.29 is 5.11 Å². The lowest BCUT2D eigenvalue weighted by atomic mass is 9.39. The fourth-order valence-corrected chi connectivity index (χ4v) is 8.94. The third-order valence-electron chi connectivity index (χ3n) is 9.85. The Morgan fingerprint density at radius 1 is 0.952 bits per heavy atom. The Morgan fingerprint density at radius 3 is 2.43 bits per heavy atom. The van der Waals surface area contributed by atoms with E-state index in [4.69, 9.17) is 0 Å². The molecule has 0 aromatic carbocycles. The standard InChI is InChI=1S/C20H32O/c1-17(12-21)6-4-7-18(2)15(17)5-8-20-10-14-13(9-16(18)20)19(14,3)11-20/h13-16,21H,4-12H2,1-3H3/t13-,14+,15-,16+,17+,18-,19-,20+/m1/s1. The zero-order chi connectivity index (χ0) is 14.7. The number of hydrogen-bond acceptors (Lipinski definition) is 1. The Bertz CT molecular complexity index is 500. The zero-order valence-corrected chi connectivity index (χ0v) is 14.1. The molecule has 0 saturated heterocycles. The quantitative estimate of drug-likeness (QED) is 0.745. The fraction of sp³-hybridized carbons (Fsp3) is 1.00. The Labute approximate surface area is 129 Å². The highest BCUT2D eigenvalue weighted by Crippen LogP contribution is 2.85. The Kier molecular flexibility index (Phi) is 2.27.